The molecule has 0 bridgehead atoms. The van der Waals surface area contributed by atoms with Crippen molar-refractivity contribution in [1.29, 1.82) is 0 Å². The van der Waals surface area contributed by atoms with Gasteiger partial charge in [-0.1, -0.05) is 18.6 Å². The van der Waals surface area contributed by atoms with Crippen LogP contribution in [0.15, 0.2) is 35.0 Å². The topological polar surface area (TPSA) is 18.5 Å². The van der Waals surface area contributed by atoms with Crippen LogP contribution < -0.4 is 0 Å². The second-order valence-electron chi connectivity index (χ2n) is 5.95. The number of fused-ring (bicyclic) bond motifs is 1. The number of hydrogen-bond donors (Lipinski definition) is 0. The van der Waals surface area contributed by atoms with E-state index in [0.717, 1.165) is 0 Å². The van der Waals surface area contributed by atoms with Crippen LogP contribution in [0.1, 0.15) is 29.0 Å². The van der Waals surface area contributed by atoms with Gasteiger partial charge in [-0.2, -0.15) is 0 Å². The lowest BCUT2D eigenvalue weighted by Gasteiger charge is -2.37. The Morgan fingerprint density at radius 1 is 0.909 bits per heavy atom. The molecule has 2 atom stereocenters. The molecule has 2 unspecified atom stereocenters. The van der Waals surface area contributed by atoms with Crippen LogP contribution in [0.5, 0.6) is 0 Å². The standard InChI is InChI=1S/C18H20O2S2/c1-19-18(20-2)16(14-8-4-10-21-14)12-6-3-7-13(12)17(18)15-9-5-11-22-15/h4-5,8-13H,3,6-7H2,1-2H3. The van der Waals surface area contributed by atoms with Gasteiger partial charge in [-0.3, -0.25) is 0 Å². The molecule has 0 N–H and O–H groups in total. The molecule has 2 fully saturated rings. The Morgan fingerprint density at radius 2 is 1.41 bits per heavy atom. The van der Waals surface area contributed by atoms with Gasteiger partial charge in [0.15, 0.2) is 5.79 Å². The minimum atomic E-state index is -0.689. The van der Waals surface area contributed by atoms with Crippen LogP contribution in [0.25, 0.3) is 0 Å². The lowest BCUT2D eigenvalue weighted by Crippen LogP contribution is -2.43. The second kappa shape index (κ2) is 5.75. The van der Waals surface area contributed by atoms with Crippen molar-refractivity contribution >= 4 is 22.7 Å². The highest BCUT2D eigenvalue weighted by atomic mass is 32.1. The van der Waals surface area contributed by atoms with Gasteiger partial charge in [-0.25, -0.2) is 0 Å². The van der Waals surface area contributed by atoms with Gasteiger partial charge in [-0.15, -0.1) is 22.7 Å². The highest BCUT2D eigenvalue weighted by Gasteiger charge is 2.65. The fourth-order valence-electron chi connectivity index (χ4n) is 4.36. The summed E-state index contributed by atoms with van der Waals surface area (Å²) >= 11 is 3.59. The molecular weight excluding hydrogens is 312 g/mol. The smallest absolute Gasteiger partial charge is 0.191 e. The predicted octanol–water partition coefficient (Wildman–Crippen LogP) is 4.77. The van der Waals surface area contributed by atoms with E-state index in [9.17, 15) is 0 Å². The number of rotatable bonds is 4. The van der Waals surface area contributed by atoms with E-state index < -0.39 is 5.79 Å². The van der Waals surface area contributed by atoms with Crippen molar-refractivity contribution in [2.75, 3.05) is 14.2 Å². The average molecular weight is 332 g/mol. The molecule has 4 rings (SSSR count). The van der Waals surface area contributed by atoms with Gasteiger partial charge in [0.25, 0.3) is 0 Å². The van der Waals surface area contributed by atoms with Crippen LogP contribution in [0.4, 0.5) is 0 Å². The van der Waals surface area contributed by atoms with E-state index in [4.69, 9.17) is 9.47 Å². The van der Waals surface area contributed by atoms with E-state index in [2.05, 4.69) is 35.0 Å². The van der Waals surface area contributed by atoms with Crippen molar-refractivity contribution in [3.8, 4) is 0 Å². The lowest BCUT2D eigenvalue weighted by atomic mass is 9.88. The van der Waals surface area contributed by atoms with E-state index in [-0.39, 0.29) is 0 Å². The molecule has 0 aliphatic heterocycles. The third-order valence-electron chi connectivity index (χ3n) is 5.11. The van der Waals surface area contributed by atoms with Gasteiger partial charge in [0.2, 0.25) is 0 Å². The van der Waals surface area contributed by atoms with Crippen molar-refractivity contribution in [2.24, 2.45) is 11.8 Å². The van der Waals surface area contributed by atoms with Gasteiger partial charge in [0, 0.05) is 24.0 Å². The molecule has 2 heterocycles. The van der Waals surface area contributed by atoms with Gasteiger partial charge < -0.3 is 9.47 Å². The fraction of sp³-hybridized carbons (Fsp3) is 0.444. The summed E-state index contributed by atoms with van der Waals surface area (Å²) in [5, 5.41) is 4.29. The number of methoxy groups -OCH3 is 2. The molecule has 0 amide bonds. The summed E-state index contributed by atoms with van der Waals surface area (Å²) in [7, 11) is 3.57. The Bertz CT molecular complexity index is 551. The van der Waals surface area contributed by atoms with Crippen LogP contribution in [0, 0.1) is 23.7 Å². The van der Waals surface area contributed by atoms with Gasteiger partial charge in [-0.05, 0) is 47.6 Å². The number of ether oxygens (including phenoxy) is 2. The first-order chi connectivity index (χ1) is 10.8. The van der Waals surface area contributed by atoms with Crippen molar-refractivity contribution < 1.29 is 9.47 Å². The van der Waals surface area contributed by atoms with Crippen LogP contribution in [-0.4, -0.2) is 20.0 Å². The van der Waals surface area contributed by atoms with Crippen LogP contribution in [-0.2, 0) is 9.47 Å². The molecule has 2 nitrogen and oxygen atoms in total. The minimum absolute atomic E-state index is 0.552. The molecule has 0 aromatic carbocycles. The Labute approximate surface area is 140 Å². The van der Waals surface area contributed by atoms with Gasteiger partial charge in [0.1, 0.15) is 0 Å². The van der Waals surface area contributed by atoms with Crippen LogP contribution in [0.2, 0.25) is 0 Å². The van der Waals surface area contributed by atoms with Crippen molar-refractivity contribution in [1.82, 2.24) is 0 Å². The predicted molar refractivity (Wildman–Crippen MR) is 90.9 cm³/mol. The average Bonchev–Trinajstić information content (AvgIpc) is 3.29. The molecule has 2 aliphatic carbocycles. The second-order valence-corrected chi connectivity index (χ2v) is 7.85. The third kappa shape index (κ3) is 1.97. The molecule has 2 radical (unpaired) electrons. The van der Waals surface area contributed by atoms with E-state index in [1.807, 2.05) is 0 Å². The fourth-order valence-corrected chi connectivity index (χ4v) is 6.11. The SMILES string of the molecule is COC1(OC)[C](c2cccs2)C2CCCC2[C]1c1cccs1. The Morgan fingerprint density at radius 3 is 1.77 bits per heavy atom. The molecule has 116 valence electrons. The first kappa shape index (κ1) is 14.9. The van der Waals surface area contributed by atoms with Gasteiger partial charge >= 0.3 is 0 Å². The van der Waals surface area contributed by atoms with Crippen molar-refractivity contribution in [3.63, 3.8) is 0 Å². The van der Waals surface area contributed by atoms with Gasteiger partial charge in [0.05, 0.1) is 11.8 Å². The zero-order valence-corrected chi connectivity index (χ0v) is 14.5. The van der Waals surface area contributed by atoms with E-state index in [1.165, 1.54) is 40.9 Å². The van der Waals surface area contributed by atoms with Crippen molar-refractivity contribution in [3.05, 3.63) is 56.6 Å². The Balaban J connectivity index is 1.87. The molecule has 0 saturated heterocycles. The molecular formula is C18H20O2S2. The van der Waals surface area contributed by atoms with Crippen LogP contribution in [0.3, 0.4) is 0 Å². The maximum Gasteiger partial charge on any atom is 0.191 e. The molecule has 0 spiro atoms. The first-order valence-corrected chi connectivity index (χ1v) is 9.50. The van der Waals surface area contributed by atoms with Crippen LogP contribution >= 0.6 is 22.7 Å². The maximum absolute atomic E-state index is 6.07. The summed E-state index contributed by atoms with van der Waals surface area (Å²) in [6, 6.07) is 8.66. The van der Waals surface area contributed by atoms with Crippen molar-refractivity contribution in [2.45, 2.75) is 25.0 Å². The summed E-state index contributed by atoms with van der Waals surface area (Å²) in [4.78, 5) is 2.62. The summed E-state index contributed by atoms with van der Waals surface area (Å²) < 4.78 is 12.1. The lowest BCUT2D eigenvalue weighted by molar-refractivity contribution is -0.170. The molecule has 2 aromatic heterocycles. The highest BCUT2D eigenvalue weighted by molar-refractivity contribution is 7.10. The minimum Gasteiger partial charge on any atom is -0.351 e. The Kier molecular flexibility index (Phi) is 3.89. The summed E-state index contributed by atoms with van der Waals surface area (Å²) in [5.74, 6) is 3.11. The van der Waals surface area contributed by atoms with E-state index in [0.29, 0.717) is 11.8 Å². The highest BCUT2D eigenvalue weighted by Crippen LogP contribution is 2.64. The first-order valence-electron chi connectivity index (χ1n) is 7.74. The van der Waals surface area contributed by atoms with E-state index in [1.54, 1.807) is 36.9 Å². The molecule has 4 heteroatoms. The van der Waals surface area contributed by atoms with E-state index >= 15 is 0 Å². The number of hydrogen-bond acceptors (Lipinski definition) is 4. The molecule has 2 aliphatic rings. The number of thiophene rings is 2. The maximum atomic E-state index is 6.07. The molecule has 2 aromatic rings. The quantitative estimate of drug-likeness (QED) is 0.751. The monoisotopic (exact) mass is 332 g/mol. The summed E-state index contributed by atoms with van der Waals surface area (Å²) in [5.41, 5.74) is 0. The largest absolute Gasteiger partial charge is 0.351 e. The zero-order valence-electron chi connectivity index (χ0n) is 12.9. The Hall–Kier alpha value is -0.680. The molecule has 22 heavy (non-hydrogen) atoms. The zero-order chi connectivity index (χ0) is 15.2. The summed E-state index contributed by atoms with van der Waals surface area (Å²) in [6.07, 6.45) is 3.77. The third-order valence-corrected chi connectivity index (χ3v) is 6.92. The normalized spacial score (nSPS) is 28.3. The molecule has 2 saturated carbocycles. The summed E-state index contributed by atoms with van der Waals surface area (Å²) in [6.45, 7) is 0.